The smallest absolute Gasteiger partial charge is 0.191 e. The third-order valence-electron chi connectivity index (χ3n) is 4.14. The lowest BCUT2D eigenvalue weighted by Crippen LogP contribution is -2.39. The minimum atomic E-state index is 0. The lowest BCUT2D eigenvalue weighted by molar-refractivity contribution is 0.128. The molecule has 2 N–H and O–H groups in total. The summed E-state index contributed by atoms with van der Waals surface area (Å²) in [5, 5.41) is 10.9. The van der Waals surface area contributed by atoms with Gasteiger partial charge in [-0.1, -0.05) is 38.1 Å². The molecule has 7 heteroatoms. The number of benzene rings is 1. The molecule has 1 aromatic carbocycles. The van der Waals surface area contributed by atoms with Gasteiger partial charge in [0.05, 0.1) is 19.7 Å². The maximum atomic E-state index is 5.66. The minimum Gasteiger partial charge on any atom is -0.380 e. The maximum Gasteiger partial charge on any atom is 0.191 e. The second-order valence-electron chi connectivity index (χ2n) is 6.89. The van der Waals surface area contributed by atoms with Crippen LogP contribution in [0.4, 0.5) is 0 Å². The van der Waals surface area contributed by atoms with E-state index in [0.717, 1.165) is 38.6 Å². The molecule has 0 radical (unpaired) electrons. The first-order valence-electron chi connectivity index (χ1n) is 9.83. The summed E-state index contributed by atoms with van der Waals surface area (Å²) >= 11 is 0. The first-order valence-corrected chi connectivity index (χ1v) is 9.83. The summed E-state index contributed by atoms with van der Waals surface area (Å²) in [6.07, 6.45) is 4.88. The predicted molar refractivity (Wildman–Crippen MR) is 126 cm³/mol. The molecule has 0 unspecified atom stereocenters. The van der Waals surface area contributed by atoms with Gasteiger partial charge in [-0.3, -0.25) is 4.68 Å². The Bertz CT molecular complexity index is 673. The SMILES string of the molecule is CCNC(=NCc1ccccc1Cn1cccn1)NCCOCCC(C)C.I. The van der Waals surface area contributed by atoms with Gasteiger partial charge in [0.1, 0.15) is 0 Å². The minimum absolute atomic E-state index is 0. The number of halogens is 1. The normalized spacial score (nSPS) is 11.4. The maximum absolute atomic E-state index is 5.66. The van der Waals surface area contributed by atoms with E-state index in [-0.39, 0.29) is 24.0 Å². The lowest BCUT2D eigenvalue weighted by Gasteiger charge is -2.13. The van der Waals surface area contributed by atoms with E-state index in [4.69, 9.17) is 9.73 Å². The highest BCUT2D eigenvalue weighted by molar-refractivity contribution is 14.0. The molecule has 28 heavy (non-hydrogen) atoms. The number of aliphatic imine (C=N–C) groups is 1. The zero-order valence-corrected chi connectivity index (χ0v) is 19.6. The zero-order chi connectivity index (χ0) is 19.3. The number of guanidine groups is 1. The van der Waals surface area contributed by atoms with Gasteiger partial charge in [0, 0.05) is 32.1 Å². The summed E-state index contributed by atoms with van der Waals surface area (Å²) < 4.78 is 7.59. The second-order valence-corrected chi connectivity index (χ2v) is 6.89. The van der Waals surface area contributed by atoms with Crippen LogP contribution in [0.5, 0.6) is 0 Å². The van der Waals surface area contributed by atoms with E-state index >= 15 is 0 Å². The Morgan fingerprint density at radius 1 is 1.14 bits per heavy atom. The monoisotopic (exact) mass is 499 g/mol. The van der Waals surface area contributed by atoms with Crippen molar-refractivity contribution < 1.29 is 4.74 Å². The molecular formula is C21H34IN5O. The molecule has 1 aromatic heterocycles. The molecule has 0 bridgehead atoms. The second kappa shape index (κ2) is 14.4. The van der Waals surface area contributed by atoms with Crippen molar-refractivity contribution in [2.75, 3.05) is 26.3 Å². The van der Waals surface area contributed by atoms with Gasteiger partial charge < -0.3 is 15.4 Å². The third-order valence-corrected chi connectivity index (χ3v) is 4.14. The molecule has 0 aliphatic heterocycles. The average molecular weight is 499 g/mol. The average Bonchev–Trinajstić information content (AvgIpc) is 3.16. The third kappa shape index (κ3) is 9.54. The fourth-order valence-corrected chi connectivity index (χ4v) is 2.60. The molecule has 2 aromatic rings. The Morgan fingerprint density at radius 3 is 2.61 bits per heavy atom. The highest BCUT2D eigenvalue weighted by atomic mass is 127. The molecule has 0 saturated carbocycles. The van der Waals surface area contributed by atoms with Crippen LogP contribution < -0.4 is 10.6 Å². The first-order chi connectivity index (χ1) is 13.2. The van der Waals surface area contributed by atoms with Crippen LogP contribution in [0.2, 0.25) is 0 Å². The molecule has 0 atom stereocenters. The molecular weight excluding hydrogens is 465 g/mol. The Hall–Kier alpha value is -1.61. The van der Waals surface area contributed by atoms with Gasteiger partial charge in [-0.2, -0.15) is 5.10 Å². The first kappa shape index (κ1) is 24.4. The van der Waals surface area contributed by atoms with Crippen LogP contribution in [-0.2, 0) is 17.8 Å². The van der Waals surface area contributed by atoms with E-state index in [1.807, 2.05) is 16.9 Å². The number of aromatic nitrogens is 2. The Kier molecular flexibility index (Phi) is 12.6. The fourth-order valence-electron chi connectivity index (χ4n) is 2.60. The van der Waals surface area contributed by atoms with Crippen LogP contribution in [-0.4, -0.2) is 42.0 Å². The fraction of sp³-hybridized carbons (Fsp3) is 0.524. The molecule has 0 amide bonds. The Balaban J connectivity index is 0.00000392. The number of rotatable bonds is 11. The lowest BCUT2D eigenvalue weighted by atomic mass is 10.1. The van der Waals surface area contributed by atoms with Gasteiger partial charge in [0.2, 0.25) is 0 Å². The predicted octanol–water partition coefficient (Wildman–Crippen LogP) is 3.67. The van der Waals surface area contributed by atoms with Crippen LogP contribution in [0.3, 0.4) is 0 Å². The van der Waals surface area contributed by atoms with E-state index < -0.39 is 0 Å². The van der Waals surface area contributed by atoms with Crippen molar-refractivity contribution in [3.63, 3.8) is 0 Å². The van der Waals surface area contributed by atoms with Crippen molar-refractivity contribution in [2.24, 2.45) is 10.9 Å². The highest BCUT2D eigenvalue weighted by Crippen LogP contribution is 2.11. The van der Waals surface area contributed by atoms with Gasteiger partial charge in [-0.25, -0.2) is 4.99 Å². The standard InChI is InChI=1S/C21H33N5O.HI/c1-4-22-21(23-12-15-27-14-10-18(2)3)24-16-19-8-5-6-9-20(19)17-26-13-7-11-25-26;/h5-9,11,13,18H,4,10,12,14-17H2,1-3H3,(H2,22,23,24);1H. The van der Waals surface area contributed by atoms with Crippen molar-refractivity contribution in [2.45, 2.75) is 40.3 Å². The molecule has 0 spiro atoms. The zero-order valence-electron chi connectivity index (χ0n) is 17.2. The van der Waals surface area contributed by atoms with Crippen LogP contribution in [0.15, 0.2) is 47.7 Å². The van der Waals surface area contributed by atoms with Crippen molar-refractivity contribution in [1.29, 1.82) is 0 Å². The Morgan fingerprint density at radius 2 is 1.93 bits per heavy atom. The van der Waals surface area contributed by atoms with E-state index in [2.05, 4.69) is 60.8 Å². The number of nitrogens with one attached hydrogen (secondary N) is 2. The van der Waals surface area contributed by atoms with Crippen LogP contribution in [0.25, 0.3) is 0 Å². The van der Waals surface area contributed by atoms with Crippen molar-refractivity contribution in [3.05, 3.63) is 53.9 Å². The topological polar surface area (TPSA) is 63.5 Å². The summed E-state index contributed by atoms with van der Waals surface area (Å²) in [5.74, 6) is 1.50. The number of hydrogen-bond acceptors (Lipinski definition) is 3. The largest absolute Gasteiger partial charge is 0.380 e. The molecule has 0 aliphatic rings. The van der Waals surface area contributed by atoms with E-state index in [1.54, 1.807) is 6.20 Å². The van der Waals surface area contributed by atoms with Crippen molar-refractivity contribution in [3.8, 4) is 0 Å². The van der Waals surface area contributed by atoms with Gasteiger partial charge in [-0.05, 0) is 36.5 Å². The quantitative estimate of drug-likeness (QED) is 0.214. The van der Waals surface area contributed by atoms with Crippen molar-refractivity contribution in [1.82, 2.24) is 20.4 Å². The van der Waals surface area contributed by atoms with Crippen molar-refractivity contribution >= 4 is 29.9 Å². The van der Waals surface area contributed by atoms with Crippen LogP contribution >= 0.6 is 24.0 Å². The molecule has 2 rings (SSSR count). The van der Waals surface area contributed by atoms with Gasteiger partial charge >= 0.3 is 0 Å². The Labute approximate surface area is 186 Å². The van der Waals surface area contributed by atoms with E-state index in [9.17, 15) is 0 Å². The van der Waals surface area contributed by atoms with E-state index in [0.29, 0.717) is 19.1 Å². The van der Waals surface area contributed by atoms with E-state index in [1.165, 1.54) is 11.1 Å². The summed E-state index contributed by atoms with van der Waals surface area (Å²) in [7, 11) is 0. The molecule has 6 nitrogen and oxygen atoms in total. The molecule has 0 fully saturated rings. The number of ether oxygens (including phenoxy) is 1. The van der Waals surface area contributed by atoms with Crippen LogP contribution in [0.1, 0.15) is 38.3 Å². The molecule has 156 valence electrons. The van der Waals surface area contributed by atoms with Gasteiger partial charge in [-0.15, -0.1) is 24.0 Å². The molecule has 0 saturated heterocycles. The summed E-state index contributed by atoms with van der Waals surface area (Å²) in [5.41, 5.74) is 2.44. The summed E-state index contributed by atoms with van der Waals surface area (Å²) in [6, 6.07) is 10.3. The number of hydrogen-bond donors (Lipinski definition) is 2. The van der Waals surface area contributed by atoms with Gasteiger partial charge in [0.25, 0.3) is 0 Å². The summed E-state index contributed by atoms with van der Waals surface area (Å²) in [4.78, 5) is 4.73. The molecule has 0 aliphatic carbocycles. The summed E-state index contributed by atoms with van der Waals surface area (Å²) in [6.45, 7) is 11.0. The van der Waals surface area contributed by atoms with Crippen LogP contribution in [0, 0.1) is 5.92 Å². The molecule has 1 heterocycles. The van der Waals surface area contributed by atoms with Gasteiger partial charge in [0.15, 0.2) is 5.96 Å². The number of nitrogens with zero attached hydrogens (tertiary/aromatic N) is 3. The highest BCUT2D eigenvalue weighted by Gasteiger charge is 2.04.